The van der Waals surface area contributed by atoms with Crippen LogP contribution in [0.25, 0.3) is 0 Å². The maximum atomic E-state index is 11.9. The second kappa shape index (κ2) is 8.18. The van der Waals surface area contributed by atoms with E-state index in [9.17, 15) is 4.79 Å². The molecule has 0 spiro atoms. The van der Waals surface area contributed by atoms with Gasteiger partial charge in [-0.05, 0) is 66.7 Å². The molecule has 1 aromatic heterocycles. The summed E-state index contributed by atoms with van der Waals surface area (Å²) in [4.78, 5) is 11.9. The largest absolute Gasteiger partial charge is 0.472 e. The highest BCUT2D eigenvalue weighted by Gasteiger charge is 2.30. The van der Waals surface area contributed by atoms with E-state index in [1.807, 2.05) is 24.5 Å². The Balaban J connectivity index is 2.14. The van der Waals surface area contributed by atoms with E-state index in [-0.39, 0.29) is 11.4 Å². The molecule has 0 unspecified atom stereocenters. The zero-order valence-corrected chi connectivity index (χ0v) is 15.0. The molecule has 1 aliphatic rings. The zero-order chi connectivity index (χ0) is 17.6. The number of allylic oxidation sites excluding steroid dienone is 3. The Kier molecular flexibility index (Phi) is 6.24. The number of aryl methyl sites for hydroxylation is 1. The van der Waals surface area contributed by atoms with Crippen molar-refractivity contribution in [3.8, 4) is 0 Å². The number of carbonyl (C=O) groups excluding carboxylic acids is 1. The van der Waals surface area contributed by atoms with Crippen molar-refractivity contribution < 1.29 is 13.9 Å². The van der Waals surface area contributed by atoms with Crippen molar-refractivity contribution in [3.05, 3.63) is 60.1 Å². The van der Waals surface area contributed by atoms with E-state index >= 15 is 0 Å². The molecule has 0 N–H and O–H groups in total. The van der Waals surface area contributed by atoms with Gasteiger partial charge in [0.15, 0.2) is 0 Å². The third-order valence-corrected chi connectivity index (χ3v) is 5.40. The van der Waals surface area contributed by atoms with Crippen LogP contribution in [0.4, 0.5) is 0 Å². The van der Waals surface area contributed by atoms with E-state index < -0.39 is 0 Å². The summed E-state index contributed by atoms with van der Waals surface area (Å²) in [6.07, 6.45) is 14.5. The maximum Gasteiger partial charge on any atom is 0.338 e. The SMILES string of the molecule is C=C1CC[C@@H](C)[C@@](C)(CCc2ccoc2)C/C=C\C=C/1C(=O)OC. The second-order valence-electron chi connectivity index (χ2n) is 7.03. The summed E-state index contributed by atoms with van der Waals surface area (Å²) in [5, 5.41) is 0. The number of ether oxygens (including phenoxy) is 1. The molecule has 130 valence electrons. The van der Waals surface area contributed by atoms with Crippen molar-refractivity contribution in [2.24, 2.45) is 11.3 Å². The van der Waals surface area contributed by atoms with Gasteiger partial charge >= 0.3 is 5.97 Å². The molecule has 0 aromatic carbocycles. The Labute approximate surface area is 145 Å². The average Bonchev–Trinajstić information content (AvgIpc) is 3.10. The predicted molar refractivity (Wildman–Crippen MR) is 96.5 cm³/mol. The van der Waals surface area contributed by atoms with Gasteiger partial charge in [0.05, 0.1) is 25.2 Å². The minimum Gasteiger partial charge on any atom is -0.472 e. The highest BCUT2D eigenvalue weighted by molar-refractivity contribution is 5.93. The van der Waals surface area contributed by atoms with Crippen molar-refractivity contribution in [3.63, 3.8) is 0 Å². The predicted octanol–water partition coefficient (Wildman–Crippen LogP) is 5.25. The third-order valence-electron chi connectivity index (χ3n) is 5.40. The van der Waals surface area contributed by atoms with Gasteiger partial charge in [-0.1, -0.05) is 32.6 Å². The van der Waals surface area contributed by atoms with Gasteiger partial charge < -0.3 is 9.15 Å². The van der Waals surface area contributed by atoms with Crippen LogP contribution in [0.1, 0.15) is 45.1 Å². The van der Waals surface area contributed by atoms with E-state index in [0.717, 1.165) is 37.7 Å². The quantitative estimate of drug-likeness (QED) is 0.709. The summed E-state index contributed by atoms with van der Waals surface area (Å²) < 4.78 is 10.0. The molecule has 24 heavy (non-hydrogen) atoms. The first-order valence-electron chi connectivity index (χ1n) is 8.60. The van der Waals surface area contributed by atoms with Crippen LogP contribution in [0.2, 0.25) is 0 Å². The topological polar surface area (TPSA) is 39.4 Å². The van der Waals surface area contributed by atoms with Gasteiger partial charge in [0.25, 0.3) is 0 Å². The Bertz CT molecular complexity index is 622. The second-order valence-corrected chi connectivity index (χ2v) is 7.03. The van der Waals surface area contributed by atoms with Crippen LogP contribution >= 0.6 is 0 Å². The van der Waals surface area contributed by atoms with Gasteiger partial charge in [-0.15, -0.1) is 0 Å². The molecule has 0 fully saturated rings. The number of furan rings is 1. The molecule has 2 rings (SSSR count). The lowest BCUT2D eigenvalue weighted by atomic mass is 9.69. The summed E-state index contributed by atoms with van der Waals surface area (Å²) in [6.45, 7) is 8.76. The van der Waals surface area contributed by atoms with Crippen molar-refractivity contribution in [1.29, 1.82) is 0 Å². The smallest absolute Gasteiger partial charge is 0.338 e. The molecule has 0 aliphatic heterocycles. The molecule has 1 heterocycles. The fourth-order valence-electron chi connectivity index (χ4n) is 3.23. The fourth-order valence-corrected chi connectivity index (χ4v) is 3.23. The van der Waals surface area contributed by atoms with E-state index in [1.54, 1.807) is 6.26 Å². The van der Waals surface area contributed by atoms with Crippen LogP contribution in [-0.4, -0.2) is 13.1 Å². The summed E-state index contributed by atoms with van der Waals surface area (Å²) in [7, 11) is 1.41. The van der Waals surface area contributed by atoms with E-state index in [1.165, 1.54) is 12.7 Å². The van der Waals surface area contributed by atoms with E-state index in [4.69, 9.17) is 9.15 Å². The van der Waals surface area contributed by atoms with Crippen LogP contribution in [0.3, 0.4) is 0 Å². The molecule has 3 nitrogen and oxygen atoms in total. The summed E-state index contributed by atoms with van der Waals surface area (Å²) >= 11 is 0. The number of hydrogen-bond acceptors (Lipinski definition) is 3. The number of hydrogen-bond donors (Lipinski definition) is 0. The lowest BCUT2D eigenvalue weighted by molar-refractivity contribution is -0.135. The third kappa shape index (κ3) is 4.50. The number of esters is 1. The highest BCUT2D eigenvalue weighted by Crippen LogP contribution is 2.40. The van der Waals surface area contributed by atoms with Crippen LogP contribution in [-0.2, 0) is 16.0 Å². The van der Waals surface area contributed by atoms with Crippen molar-refractivity contribution in [2.45, 2.75) is 46.0 Å². The summed E-state index contributed by atoms with van der Waals surface area (Å²) in [5.41, 5.74) is 2.91. The molecule has 2 atom stereocenters. The van der Waals surface area contributed by atoms with E-state index in [0.29, 0.717) is 11.5 Å². The van der Waals surface area contributed by atoms with Gasteiger partial charge in [0.2, 0.25) is 0 Å². The van der Waals surface area contributed by atoms with Gasteiger partial charge in [-0.25, -0.2) is 4.79 Å². The van der Waals surface area contributed by atoms with Crippen LogP contribution < -0.4 is 0 Å². The Morgan fingerprint density at radius 3 is 2.96 bits per heavy atom. The monoisotopic (exact) mass is 328 g/mol. The normalized spacial score (nSPS) is 28.7. The Hall–Kier alpha value is -2.03. The average molecular weight is 328 g/mol. The lowest BCUT2D eigenvalue weighted by Gasteiger charge is -2.36. The van der Waals surface area contributed by atoms with Crippen LogP contribution in [0.15, 0.2) is 59.0 Å². The minimum atomic E-state index is -0.305. The zero-order valence-electron chi connectivity index (χ0n) is 15.0. The molecule has 1 aliphatic carbocycles. The number of rotatable bonds is 4. The first-order chi connectivity index (χ1) is 11.5. The molecule has 0 saturated carbocycles. The molecule has 3 heteroatoms. The summed E-state index contributed by atoms with van der Waals surface area (Å²) in [5.74, 6) is 0.225. The molecule has 0 radical (unpaired) electrons. The first-order valence-corrected chi connectivity index (χ1v) is 8.60. The number of methoxy groups -OCH3 is 1. The molecule has 0 saturated heterocycles. The minimum absolute atomic E-state index is 0.213. The highest BCUT2D eigenvalue weighted by atomic mass is 16.5. The van der Waals surface area contributed by atoms with Gasteiger partial charge in [-0.3, -0.25) is 0 Å². The standard InChI is InChI=1S/C21H28O3/c1-16-8-9-17(2)21(3,13-10-18-11-14-24-15-18)12-6-5-7-19(16)20(22)23-4/h5-7,11,14-15,17H,1,8-10,12-13H2,2-4H3/b6-5-,19-7+/t17-,21-/m1/s1. The Morgan fingerprint density at radius 2 is 2.29 bits per heavy atom. The van der Waals surface area contributed by atoms with Crippen molar-refractivity contribution in [1.82, 2.24) is 0 Å². The molecule has 1 aromatic rings. The van der Waals surface area contributed by atoms with Crippen molar-refractivity contribution >= 4 is 5.97 Å². The Morgan fingerprint density at radius 1 is 1.50 bits per heavy atom. The molecular weight excluding hydrogens is 300 g/mol. The van der Waals surface area contributed by atoms with Crippen LogP contribution in [0, 0.1) is 11.3 Å². The fraction of sp³-hybridized carbons (Fsp3) is 0.476. The van der Waals surface area contributed by atoms with Gasteiger partial charge in [0.1, 0.15) is 0 Å². The van der Waals surface area contributed by atoms with Gasteiger partial charge in [0, 0.05) is 0 Å². The first kappa shape index (κ1) is 18.3. The lowest BCUT2D eigenvalue weighted by Crippen LogP contribution is -2.26. The summed E-state index contributed by atoms with van der Waals surface area (Å²) in [6, 6.07) is 2.04. The van der Waals surface area contributed by atoms with E-state index in [2.05, 4.69) is 26.5 Å². The molecular formula is C21H28O3. The maximum absolute atomic E-state index is 11.9. The molecule has 0 bridgehead atoms. The van der Waals surface area contributed by atoms with Crippen LogP contribution in [0.5, 0.6) is 0 Å². The molecule has 0 amide bonds. The van der Waals surface area contributed by atoms with Gasteiger partial charge in [-0.2, -0.15) is 0 Å². The van der Waals surface area contributed by atoms with Crippen molar-refractivity contribution in [2.75, 3.05) is 7.11 Å². The number of carbonyl (C=O) groups is 1.